The number of benzene rings is 1. The molecule has 1 aromatic heterocycles. The molecule has 0 aliphatic carbocycles. The van der Waals surface area contributed by atoms with E-state index in [9.17, 15) is 14.9 Å². The van der Waals surface area contributed by atoms with Crippen LogP contribution in [0.1, 0.15) is 19.6 Å². The normalized spacial score (nSPS) is 11.1. The second kappa shape index (κ2) is 7.21. The van der Waals surface area contributed by atoms with Crippen LogP contribution in [0.2, 0.25) is 0 Å². The van der Waals surface area contributed by atoms with E-state index < -0.39 is 11.0 Å². The van der Waals surface area contributed by atoms with Gasteiger partial charge in [0, 0.05) is 17.7 Å². The minimum Gasteiger partial charge on any atom is -0.455 e. The van der Waals surface area contributed by atoms with Gasteiger partial charge in [-0.05, 0) is 26.0 Å². The lowest BCUT2D eigenvalue weighted by molar-refractivity contribution is -0.384. The number of ether oxygens (including phenoxy) is 1. The zero-order valence-electron chi connectivity index (χ0n) is 12.6. The minimum absolute atomic E-state index is 0.0187. The highest BCUT2D eigenvalue weighted by Crippen LogP contribution is 2.25. The van der Waals surface area contributed by atoms with Crippen LogP contribution in [0.4, 0.5) is 10.5 Å². The third-order valence-corrected chi connectivity index (χ3v) is 2.89. The van der Waals surface area contributed by atoms with Gasteiger partial charge in [-0.25, -0.2) is 10.2 Å². The van der Waals surface area contributed by atoms with Crippen LogP contribution in [0, 0.1) is 10.1 Å². The zero-order valence-corrected chi connectivity index (χ0v) is 12.6. The van der Waals surface area contributed by atoms with Crippen molar-refractivity contribution in [1.82, 2.24) is 5.43 Å². The van der Waals surface area contributed by atoms with Crippen molar-refractivity contribution in [3.8, 4) is 11.3 Å². The van der Waals surface area contributed by atoms with E-state index in [-0.39, 0.29) is 12.3 Å². The van der Waals surface area contributed by atoms with E-state index >= 15 is 0 Å². The number of rotatable bonds is 5. The SMILES string of the molecule is CCOC(=O)NN=C(C)c1ccc(-c2cccc([N+](=O)[O-])c2)o1. The summed E-state index contributed by atoms with van der Waals surface area (Å²) in [5.41, 5.74) is 3.23. The van der Waals surface area contributed by atoms with Gasteiger partial charge in [0.2, 0.25) is 0 Å². The lowest BCUT2D eigenvalue weighted by Crippen LogP contribution is -2.20. The topological polar surface area (TPSA) is 107 Å². The van der Waals surface area contributed by atoms with Crippen LogP contribution < -0.4 is 5.43 Å². The Morgan fingerprint density at radius 3 is 2.87 bits per heavy atom. The Morgan fingerprint density at radius 2 is 2.17 bits per heavy atom. The predicted octanol–water partition coefficient (Wildman–Crippen LogP) is 3.32. The van der Waals surface area contributed by atoms with Crippen molar-refractivity contribution in [1.29, 1.82) is 0 Å². The first-order valence-electron chi connectivity index (χ1n) is 6.83. The highest BCUT2D eigenvalue weighted by molar-refractivity contribution is 5.97. The average molecular weight is 317 g/mol. The molecule has 1 N–H and O–H groups in total. The molecule has 1 heterocycles. The zero-order chi connectivity index (χ0) is 16.8. The lowest BCUT2D eigenvalue weighted by atomic mass is 10.1. The van der Waals surface area contributed by atoms with Gasteiger partial charge in [-0.1, -0.05) is 12.1 Å². The molecule has 0 fully saturated rings. The number of nitrogens with zero attached hydrogens (tertiary/aromatic N) is 2. The summed E-state index contributed by atoms with van der Waals surface area (Å²) in [5, 5.41) is 14.7. The van der Waals surface area contributed by atoms with Crippen LogP contribution in [0.15, 0.2) is 45.9 Å². The number of nitro groups is 1. The highest BCUT2D eigenvalue weighted by atomic mass is 16.6. The molecule has 1 amide bonds. The number of hydrazone groups is 1. The summed E-state index contributed by atoms with van der Waals surface area (Å²) < 4.78 is 10.3. The second-order valence-electron chi connectivity index (χ2n) is 4.50. The standard InChI is InChI=1S/C15H15N3O5/c1-3-22-15(19)17-16-10(2)13-7-8-14(23-13)11-5-4-6-12(9-11)18(20)21/h4-9H,3H2,1-2H3,(H,17,19). The van der Waals surface area contributed by atoms with Crippen LogP contribution in [-0.2, 0) is 4.74 Å². The molecule has 0 unspecified atom stereocenters. The van der Waals surface area contributed by atoms with E-state index in [1.807, 2.05) is 0 Å². The van der Waals surface area contributed by atoms with Gasteiger partial charge in [-0.2, -0.15) is 5.10 Å². The Kier molecular flexibility index (Phi) is 5.08. The van der Waals surface area contributed by atoms with Crippen LogP contribution in [0.25, 0.3) is 11.3 Å². The van der Waals surface area contributed by atoms with E-state index in [4.69, 9.17) is 4.42 Å². The van der Waals surface area contributed by atoms with Gasteiger partial charge in [0.05, 0.1) is 11.5 Å². The van der Waals surface area contributed by atoms with Crippen molar-refractivity contribution in [2.45, 2.75) is 13.8 Å². The summed E-state index contributed by atoms with van der Waals surface area (Å²) in [4.78, 5) is 21.5. The van der Waals surface area contributed by atoms with Crippen molar-refractivity contribution in [3.63, 3.8) is 0 Å². The smallest absolute Gasteiger partial charge is 0.427 e. The number of nitro benzene ring substituents is 1. The van der Waals surface area contributed by atoms with Gasteiger partial charge < -0.3 is 9.15 Å². The Labute approximate surface area is 131 Å². The van der Waals surface area contributed by atoms with Gasteiger partial charge >= 0.3 is 6.09 Å². The van der Waals surface area contributed by atoms with Crippen molar-refractivity contribution < 1.29 is 18.9 Å². The van der Waals surface area contributed by atoms with Crippen LogP contribution in [-0.4, -0.2) is 23.3 Å². The number of hydrogen-bond donors (Lipinski definition) is 1. The molecule has 0 saturated heterocycles. The number of amides is 1. The number of nitrogens with one attached hydrogen (secondary N) is 1. The third kappa shape index (κ3) is 4.16. The molecule has 0 spiro atoms. The van der Waals surface area contributed by atoms with E-state index in [1.165, 1.54) is 12.1 Å². The van der Waals surface area contributed by atoms with Gasteiger partial charge in [0.25, 0.3) is 5.69 Å². The van der Waals surface area contributed by atoms with Crippen molar-refractivity contribution in [2.75, 3.05) is 6.61 Å². The van der Waals surface area contributed by atoms with E-state index in [2.05, 4.69) is 15.3 Å². The summed E-state index contributed by atoms with van der Waals surface area (Å²) in [6.45, 7) is 3.59. The third-order valence-electron chi connectivity index (χ3n) is 2.89. The highest BCUT2D eigenvalue weighted by Gasteiger charge is 2.11. The predicted molar refractivity (Wildman–Crippen MR) is 83.2 cm³/mol. The molecule has 0 saturated carbocycles. The Bertz CT molecular complexity index is 751. The first kappa shape index (κ1) is 16.2. The quantitative estimate of drug-likeness (QED) is 0.517. The van der Waals surface area contributed by atoms with Crippen LogP contribution in [0.3, 0.4) is 0 Å². The van der Waals surface area contributed by atoms with Crippen molar-refractivity contribution in [3.05, 3.63) is 52.3 Å². The second-order valence-corrected chi connectivity index (χ2v) is 4.50. The number of carbonyl (C=O) groups excluding carboxylic acids is 1. The average Bonchev–Trinajstić information content (AvgIpc) is 3.03. The van der Waals surface area contributed by atoms with E-state index in [1.54, 1.807) is 38.1 Å². The van der Waals surface area contributed by atoms with E-state index in [0.29, 0.717) is 22.8 Å². The summed E-state index contributed by atoms with van der Waals surface area (Å²) in [6.07, 6.45) is -0.655. The molecule has 23 heavy (non-hydrogen) atoms. The fourth-order valence-corrected chi connectivity index (χ4v) is 1.81. The molecular formula is C15H15N3O5. The maximum Gasteiger partial charge on any atom is 0.427 e. The molecule has 0 aliphatic heterocycles. The maximum absolute atomic E-state index is 11.2. The summed E-state index contributed by atoms with van der Waals surface area (Å²) in [7, 11) is 0. The van der Waals surface area contributed by atoms with E-state index in [0.717, 1.165) is 0 Å². The molecule has 0 atom stereocenters. The van der Waals surface area contributed by atoms with Crippen molar-refractivity contribution >= 4 is 17.5 Å². The number of carbonyl (C=O) groups is 1. The first-order valence-corrected chi connectivity index (χ1v) is 6.83. The summed E-state index contributed by atoms with van der Waals surface area (Å²) in [5.74, 6) is 0.901. The minimum atomic E-state index is -0.655. The fourth-order valence-electron chi connectivity index (χ4n) is 1.81. The first-order chi connectivity index (χ1) is 11.0. The largest absolute Gasteiger partial charge is 0.455 e. The fraction of sp³-hybridized carbons (Fsp3) is 0.200. The Balaban J connectivity index is 2.17. The number of non-ortho nitro benzene ring substituents is 1. The number of hydrogen-bond acceptors (Lipinski definition) is 6. The molecule has 120 valence electrons. The molecule has 2 rings (SSSR count). The monoisotopic (exact) mass is 317 g/mol. The van der Waals surface area contributed by atoms with Crippen LogP contribution in [0.5, 0.6) is 0 Å². The lowest BCUT2D eigenvalue weighted by Gasteiger charge is -2.01. The Morgan fingerprint density at radius 1 is 1.39 bits per heavy atom. The maximum atomic E-state index is 11.2. The molecule has 1 aromatic carbocycles. The molecule has 8 heteroatoms. The van der Waals surface area contributed by atoms with Gasteiger partial charge in [0.1, 0.15) is 11.5 Å². The van der Waals surface area contributed by atoms with Crippen LogP contribution >= 0.6 is 0 Å². The van der Waals surface area contributed by atoms with Gasteiger partial charge in [-0.15, -0.1) is 0 Å². The van der Waals surface area contributed by atoms with Gasteiger partial charge in [0.15, 0.2) is 5.76 Å². The number of furan rings is 1. The van der Waals surface area contributed by atoms with Gasteiger partial charge in [-0.3, -0.25) is 10.1 Å². The molecule has 2 aromatic rings. The Hall–Kier alpha value is -3.16. The molecule has 0 aliphatic rings. The molecular weight excluding hydrogens is 302 g/mol. The van der Waals surface area contributed by atoms with Crippen molar-refractivity contribution in [2.24, 2.45) is 5.10 Å². The molecule has 0 bridgehead atoms. The molecule has 0 radical (unpaired) electrons. The summed E-state index contributed by atoms with van der Waals surface area (Å²) >= 11 is 0. The molecule has 8 nitrogen and oxygen atoms in total. The summed E-state index contributed by atoms with van der Waals surface area (Å²) in [6, 6.07) is 9.46.